The van der Waals surface area contributed by atoms with Crippen LogP contribution in [0.2, 0.25) is 0 Å². The van der Waals surface area contributed by atoms with Gasteiger partial charge in [-0.3, -0.25) is 10.2 Å². The van der Waals surface area contributed by atoms with Crippen molar-refractivity contribution in [2.45, 2.75) is 23.8 Å². The molecule has 0 aromatic carbocycles. The number of aryl methyl sites for hydroxylation is 2. The molecule has 0 aliphatic carbocycles. The zero-order valence-corrected chi connectivity index (χ0v) is 12.2. The molecule has 2 rings (SSSR count). The topological polar surface area (TPSA) is 107 Å². The van der Waals surface area contributed by atoms with Crippen LogP contribution in [-0.2, 0) is 5.75 Å². The average Bonchev–Trinajstić information content (AvgIpc) is 2.88. The van der Waals surface area contributed by atoms with E-state index in [4.69, 9.17) is 16.0 Å². The van der Waals surface area contributed by atoms with Crippen LogP contribution >= 0.6 is 23.1 Å². The molecule has 2 heterocycles. The maximum absolute atomic E-state index is 11.5. The molecule has 0 fully saturated rings. The molecule has 19 heavy (non-hydrogen) atoms. The summed E-state index contributed by atoms with van der Waals surface area (Å²) in [5.74, 6) is 6.63. The number of nitrogens with one attached hydrogen (secondary N) is 1. The van der Waals surface area contributed by atoms with Gasteiger partial charge in [0, 0.05) is 0 Å². The zero-order valence-electron chi connectivity index (χ0n) is 10.5. The van der Waals surface area contributed by atoms with E-state index in [1.807, 2.05) is 6.92 Å². The van der Waals surface area contributed by atoms with Crippen molar-refractivity contribution in [1.29, 1.82) is 0 Å². The van der Waals surface area contributed by atoms with E-state index in [0.29, 0.717) is 28.0 Å². The minimum atomic E-state index is -0.351. The third-order valence-electron chi connectivity index (χ3n) is 2.46. The maximum atomic E-state index is 11.5. The standard InChI is InChI=1S/C11H14N4O2S2/c1-5-10(19-11(12)14-5)18-4-7-3-8(6(2)17-7)9(16)15-13/h3H,4,13H2,1-2H3,(H2,12,14)(H,15,16). The van der Waals surface area contributed by atoms with Crippen molar-refractivity contribution in [2.24, 2.45) is 5.84 Å². The van der Waals surface area contributed by atoms with Crippen molar-refractivity contribution in [3.05, 3.63) is 28.8 Å². The molecule has 1 amide bonds. The van der Waals surface area contributed by atoms with E-state index in [0.717, 1.165) is 9.90 Å². The molecule has 0 unspecified atom stereocenters. The Balaban J connectivity index is 2.08. The summed E-state index contributed by atoms with van der Waals surface area (Å²) in [5.41, 5.74) is 9.10. The number of thiazole rings is 1. The average molecular weight is 298 g/mol. The summed E-state index contributed by atoms with van der Waals surface area (Å²) < 4.78 is 6.57. The van der Waals surface area contributed by atoms with Gasteiger partial charge in [-0.05, 0) is 19.9 Å². The van der Waals surface area contributed by atoms with Crippen molar-refractivity contribution in [3.63, 3.8) is 0 Å². The Morgan fingerprint density at radius 1 is 1.58 bits per heavy atom. The number of hydrogen-bond acceptors (Lipinski definition) is 7. The molecule has 0 bridgehead atoms. The van der Waals surface area contributed by atoms with Crippen LogP contribution in [0.5, 0.6) is 0 Å². The summed E-state index contributed by atoms with van der Waals surface area (Å²) in [5, 5.41) is 0.554. The largest absolute Gasteiger partial charge is 0.465 e. The fourth-order valence-corrected chi connectivity index (χ4v) is 3.50. The lowest BCUT2D eigenvalue weighted by Gasteiger charge is -1.95. The highest BCUT2D eigenvalue weighted by molar-refractivity contribution is 8.00. The lowest BCUT2D eigenvalue weighted by molar-refractivity contribution is 0.0952. The number of rotatable bonds is 4. The molecule has 6 nitrogen and oxygen atoms in total. The molecule has 8 heteroatoms. The number of hydrogen-bond donors (Lipinski definition) is 3. The highest BCUT2D eigenvalue weighted by Gasteiger charge is 2.15. The SMILES string of the molecule is Cc1nc(N)sc1SCc1cc(C(=O)NN)c(C)o1. The summed E-state index contributed by atoms with van der Waals surface area (Å²) >= 11 is 3.03. The number of aromatic nitrogens is 1. The number of nitrogen functional groups attached to an aromatic ring is 2. The van der Waals surface area contributed by atoms with Gasteiger partial charge in [-0.2, -0.15) is 0 Å². The van der Waals surface area contributed by atoms with Gasteiger partial charge < -0.3 is 10.2 Å². The number of furan rings is 1. The van der Waals surface area contributed by atoms with Crippen LogP contribution in [0.25, 0.3) is 0 Å². The molecule has 0 radical (unpaired) electrons. The number of nitrogens with zero attached hydrogens (tertiary/aromatic N) is 1. The van der Waals surface area contributed by atoms with Gasteiger partial charge in [0.1, 0.15) is 11.5 Å². The van der Waals surface area contributed by atoms with Crippen LogP contribution in [0.3, 0.4) is 0 Å². The van der Waals surface area contributed by atoms with E-state index in [1.165, 1.54) is 11.3 Å². The Labute approximate surface area is 118 Å². The van der Waals surface area contributed by atoms with Crippen LogP contribution in [0.15, 0.2) is 14.7 Å². The highest BCUT2D eigenvalue weighted by Crippen LogP contribution is 2.33. The van der Waals surface area contributed by atoms with Gasteiger partial charge >= 0.3 is 0 Å². The van der Waals surface area contributed by atoms with Crippen LogP contribution in [0, 0.1) is 13.8 Å². The molecule has 0 saturated heterocycles. The molecule has 2 aromatic heterocycles. The molecule has 0 spiro atoms. The third kappa shape index (κ3) is 3.09. The number of thioether (sulfide) groups is 1. The summed E-state index contributed by atoms with van der Waals surface area (Å²) in [6.07, 6.45) is 0. The van der Waals surface area contributed by atoms with E-state index in [1.54, 1.807) is 24.8 Å². The van der Waals surface area contributed by atoms with Crippen LogP contribution in [0.1, 0.15) is 27.6 Å². The molecule has 2 aromatic rings. The first-order valence-corrected chi connectivity index (χ1v) is 7.27. The molecule has 5 N–H and O–H groups in total. The first-order chi connectivity index (χ1) is 9.01. The summed E-state index contributed by atoms with van der Waals surface area (Å²) in [6, 6.07) is 1.70. The van der Waals surface area contributed by atoms with Crippen LogP contribution in [0.4, 0.5) is 5.13 Å². The van der Waals surface area contributed by atoms with Crippen molar-refractivity contribution in [3.8, 4) is 0 Å². The van der Waals surface area contributed by atoms with Crippen molar-refractivity contribution >= 4 is 34.1 Å². The molecular formula is C11H14N4O2S2. The second-order valence-electron chi connectivity index (χ2n) is 3.87. The van der Waals surface area contributed by atoms with Gasteiger partial charge in [-0.1, -0.05) is 11.3 Å². The number of nitrogens with two attached hydrogens (primary N) is 2. The predicted molar refractivity (Wildman–Crippen MR) is 75.9 cm³/mol. The number of carbonyl (C=O) groups excluding carboxylic acids is 1. The smallest absolute Gasteiger partial charge is 0.268 e. The van der Waals surface area contributed by atoms with Gasteiger partial charge in [0.05, 0.1) is 21.2 Å². The molecule has 0 saturated carbocycles. The van der Waals surface area contributed by atoms with Gasteiger partial charge in [0.2, 0.25) is 0 Å². The quantitative estimate of drug-likeness (QED) is 0.344. The summed E-state index contributed by atoms with van der Waals surface area (Å²) in [7, 11) is 0. The fraction of sp³-hybridized carbons (Fsp3) is 0.273. The van der Waals surface area contributed by atoms with E-state index in [2.05, 4.69) is 10.4 Å². The Morgan fingerprint density at radius 3 is 2.89 bits per heavy atom. The Bertz CT molecular complexity index is 606. The molecular weight excluding hydrogens is 284 g/mol. The van der Waals surface area contributed by atoms with Crippen molar-refractivity contribution in [1.82, 2.24) is 10.4 Å². The highest BCUT2D eigenvalue weighted by atomic mass is 32.2. The normalized spacial score (nSPS) is 10.7. The van der Waals surface area contributed by atoms with Crippen LogP contribution < -0.4 is 17.0 Å². The number of amides is 1. The number of hydrazine groups is 1. The Morgan fingerprint density at radius 2 is 2.32 bits per heavy atom. The third-order valence-corrected chi connectivity index (χ3v) is 4.83. The van der Waals surface area contributed by atoms with Gasteiger partial charge in [0.15, 0.2) is 5.13 Å². The van der Waals surface area contributed by atoms with Gasteiger partial charge in [0.25, 0.3) is 5.91 Å². The van der Waals surface area contributed by atoms with E-state index >= 15 is 0 Å². The zero-order chi connectivity index (χ0) is 14.0. The Kier molecular flexibility index (Phi) is 4.13. The summed E-state index contributed by atoms with van der Waals surface area (Å²) in [6.45, 7) is 3.64. The number of carbonyl (C=O) groups is 1. The second-order valence-corrected chi connectivity index (χ2v) is 6.14. The van der Waals surface area contributed by atoms with Gasteiger partial charge in [-0.25, -0.2) is 10.8 Å². The molecule has 0 atom stereocenters. The maximum Gasteiger partial charge on any atom is 0.268 e. The summed E-state index contributed by atoms with van der Waals surface area (Å²) in [4.78, 5) is 15.6. The predicted octanol–water partition coefficient (Wildman–Crippen LogP) is 1.83. The van der Waals surface area contributed by atoms with E-state index < -0.39 is 0 Å². The first kappa shape index (κ1) is 13.9. The van der Waals surface area contributed by atoms with Gasteiger partial charge in [-0.15, -0.1) is 11.8 Å². The monoisotopic (exact) mass is 298 g/mol. The van der Waals surface area contributed by atoms with E-state index in [9.17, 15) is 4.79 Å². The minimum Gasteiger partial charge on any atom is -0.465 e. The lowest BCUT2D eigenvalue weighted by atomic mass is 10.2. The molecule has 0 aliphatic rings. The molecule has 0 aliphatic heterocycles. The minimum absolute atomic E-state index is 0.351. The molecule has 102 valence electrons. The fourth-order valence-electron chi connectivity index (χ4n) is 1.59. The van der Waals surface area contributed by atoms with Crippen molar-refractivity contribution < 1.29 is 9.21 Å². The van der Waals surface area contributed by atoms with Crippen LogP contribution in [-0.4, -0.2) is 10.9 Å². The lowest BCUT2D eigenvalue weighted by Crippen LogP contribution is -2.30. The van der Waals surface area contributed by atoms with E-state index in [-0.39, 0.29) is 5.91 Å². The van der Waals surface area contributed by atoms with Crippen molar-refractivity contribution in [2.75, 3.05) is 5.73 Å². The second kappa shape index (κ2) is 5.64. The Hall–Kier alpha value is -1.51. The first-order valence-electron chi connectivity index (χ1n) is 5.47. The number of anilines is 1.